The molecular formula is C25H26F2N6O2. The lowest BCUT2D eigenvalue weighted by molar-refractivity contribution is 0.171. The fraction of sp³-hybridized carbons (Fsp3) is 0.440. The van der Waals surface area contributed by atoms with E-state index in [-0.39, 0.29) is 52.3 Å². The normalized spacial score (nSPS) is 27.1. The number of nitrogens with one attached hydrogen (secondary N) is 1. The smallest absolute Gasteiger partial charge is 0.213 e. The second kappa shape index (κ2) is 8.67. The van der Waals surface area contributed by atoms with E-state index in [1.807, 2.05) is 4.90 Å². The van der Waals surface area contributed by atoms with Gasteiger partial charge < -0.3 is 20.1 Å². The molecule has 2 N–H and O–H groups in total. The molecule has 8 nitrogen and oxygen atoms in total. The Morgan fingerprint density at radius 2 is 2.00 bits per heavy atom. The maximum Gasteiger partial charge on any atom is 0.213 e. The summed E-state index contributed by atoms with van der Waals surface area (Å²) in [4.78, 5) is 10.1. The summed E-state index contributed by atoms with van der Waals surface area (Å²) in [7, 11) is -2.74. The van der Waals surface area contributed by atoms with Gasteiger partial charge in [-0.05, 0) is 49.8 Å². The van der Waals surface area contributed by atoms with Gasteiger partial charge in [0.05, 0.1) is 35.1 Å². The van der Waals surface area contributed by atoms with Crippen LogP contribution < -0.4 is 15.0 Å². The summed E-state index contributed by atoms with van der Waals surface area (Å²) in [6.45, 7) is 0. The van der Waals surface area contributed by atoms with Crippen molar-refractivity contribution in [1.29, 1.82) is 0 Å². The van der Waals surface area contributed by atoms with Crippen molar-refractivity contribution in [2.24, 2.45) is 0 Å². The van der Waals surface area contributed by atoms with E-state index in [4.69, 9.17) is 8.85 Å². The minimum absolute atomic E-state index is 0.00674. The minimum Gasteiger partial charge on any atom is -0.507 e. The Bertz CT molecular complexity index is 1340. The quantitative estimate of drug-likeness (QED) is 0.549. The van der Waals surface area contributed by atoms with Crippen LogP contribution in [0.4, 0.5) is 14.6 Å². The topological polar surface area (TPSA) is 96.3 Å². The largest absolute Gasteiger partial charge is 0.507 e. The molecule has 1 aliphatic carbocycles. The molecule has 2 aromatic heterocycles. The molecule has 0 unspecified atom stereocenters. The first-order chi connectivity index (χ1) is 18.2. The highest BCUT2D eigenvalue weighted by Gasteiger charge is 2.48. The first-order valence-corrected chi connectivity index (χ1v) is 11.7. The number of methoxy groups -OCH3 is 1. The summed E-state index contributed by atoms with van der Waals surface area (Å²) >= 11 is 0. The number of fused-ring (bicyclic) bond motifs is 2. The fourth-order valence-electron chi connectivity index (χ4n) is 5.32. The minimum atomic E-state index is -2.74. The summed E-state index contributed by atoms with van der Waals surface area (Å²) in [6.07, 6.45) is 5.91. The molecule has 0 radical (unpaired) electrons. The van der Waals surface area contributed by atoms with Crippen molar-refractivity contribution >= 4 is 5.82 Å². The highest BCUT2D eigenvalue weighted by molar-refractivity contribution is 5.73. The molecule has 4 atom stereocenters. The number of aromatic nitrogens is 4. The van der Waals surface area contributed by atoms with Gasteiger partial charge in [-0.15, -0.1) is 10.2 Å². The SMILES string of the molecule is [2H]C([2H])([2H])Oc1cc(-c2ccc(-c3ncc(N(C4CC4)[C@@H]4C[C@@H]5CC[C@H](N5)[C@@H]4F)nn3)c(O)c2)c(F)cn1. The molecule has 2 aliphatic heterocycles. The molecule has 3 aliphatic rings. The molecule has 2 bridgehead atoms. The molecule has 6 rings (SSSR count). The van der Waals surface area contributed by atoms with Crippen LogP contribution in [0.15, 0.2) is 36.7 Å². The van der Waals surface area contributed by atoms with E-state index in [0.29, 0.717) is 18.3 Å². The molecular weight excluding hydrogens is 454 g/mol. The van der Waals surface area contributed by atoms with Gasteiger partial charge in [-0.1, -0.05) is 6.07 Å². The van der Waals surface area contributed by atoms with E-state index in [2.05, 4.69) is 25.5 Å². The molecule has 182 valence electrons. The van der Waals surface area contributed by atoms with Crippen LogP contribution in [-0.4, -0.2) is 62.6 Å². The molecule has 3 aromatic rings. The molecule has 35 heavy (non-hydrogen) atoms. The van der Waals surface area contributed by atoms with Crippen molar-refractivity contribution < 1.29 is 22.7 Å². The zero-order valence-electron chi connectivity index (χ0n) is 21.7. The lowest BCUT2D eigenvalue weighted by atomic mass is 9.96. The van der Waals surface area contributed by atoms with Crippen LogP contribution in [0.2, 0.25) is 0 Å². The van der Waals surface area contributed by atoms with Crippen molar-refractivity contribution in [2.45, 2.75) is 62.4 Å². The first kappa shape index (κ1) is 18.9. The van der Waals surface area contributed by atoms with Crippen LogP contribution in [0.1, 0.15) is 36.2 Å². The Kier molecular flexibility index (Phi) is 4.68. The van der Waals surface area contributed by atoms with Crippen LogP contribution >= 0.6 is 0 Å². The lowest BCUT2D eigenvalue weighted by Gasteiger charge is -2.40. The number of alkyl halides is 1. The molecule has 10 heteroatoms. The number of halogens is 2. The van der Waals surface area contributed by atoms with Gasteiger partial charge in [-0.3, -0.25) is 0 Å². The first-order valence-electron chi connectivity index (χ1n) is 13.2. The van der Waals surface area contributed by atoms with E-state index in [0.717, 1.165) is 37.9 Å². The van der Waals surface area contributed by atoms with E-state index in [1.165, 1.54) is 12.1 Å². The van der Waals surface area contributed by atoms with Crippen LogP contribution in [0.3, 0.4) is 0 Å². The van der Waals surface area contributed by atoms with Gasteiger partial charge in [0.1, 0.15) is 17.7 Å². The highest BCUT2D eigenvalue weighted by atomic mass is 19.1. The summed E-state index contributed by atoms with van der Waals surface area (Å²) in [5.41, 5.74) is 0.565. The number of hydrogen-bond acceptors (Lipinski definition) is 8. The number of aromatic hydroxyl groups is 1. The van der Waals surface area contributed by atoms with E-state index in [9.17, 15) is 9.50 Å². The van der Waals surface area contributed by atoms with Crippen LogP contribution in [-0.2, 0) is 0 Å². The summed E-state index contributed by atoms with van der Waals surface area (Å²) in [5, 5.41) is 22.6. The second-order valence-corrected chi connectivity index (χ2v) is 9.41. The Balaban J connectivity index is 1.25. The van der Waals surface area contributed by atoms with Crippen molar-refractivity contribution in [3.05, 3.63) is 42.5 Å². The van der Waals surface area contributed by atoms with E-state index in [1.54, 1.807) is 12.3 Å². The Morgan fingerprint density at radius 1 is 1.11 bits per heavy atom. The Morgan fingerprint density at radius 3 is 2.74 bits per heavy atom. The predicted octanol–water partition coefficient (Wildman–Crippen LogP) is 3.65. The number of nitrogens with zero attached hydrogens (tertiary/aromatic N) is 5. The number of phenols is 1. The van der Waals surface area contributed by atoms with Crippen molar-refractivity contribution in [1.82, 2.24) is 25.5 Å². The Hall–Kier alpha value is -3.40. The summed E-state index contributed by atoms with van der Waals surface area (Å²) in [5.74, 6) is -0.524. The zero-order chi connectivity index (χ0) is 26.6. The standard InChI is InChI=1S/C25H26F2N6O2/c1-35-23-10-17(18(26)11-28-23)13-2-6-16(21(34)8-13)25-29-12-22(31-32-25)33(15-4-5-15)20-9-14-3-7-19(30-14)24(20)27/h2,6,8,10-12,14-15,19-20,24,30,34H,3-5,7,9H2,1H3/t14-,19-,20+,24-/m0/s1/i1D3. The number of rotatable bonds is 6. The summed E-state index contributed by atoms with van der Waals surface area (Å²) in [6, 6.07) is 5.67. The fourth-order valence-corrected chi connectivity index (χ4v) is 5.32. The number of benzene rings is 1. The molecule has 0 amide bonds. The van der Waals surface area contributed by atoms with Gasteiger partial charge in [0.2, 0.25) is 5.88 Å². The number of ether oxygens (including phenoxy) is 1. The molecule has 0 spiro atoms. The number of piperidine rings is 1. The third kappa shape index (κ3) is 4.05. The van der Waals surface area contributed by atoms with Crippen molar-refractivity contribution in [2.75, 3.05) is 11.9 Å². The van der Waals surface area contributed by atoms with Crippen LogP contribution in [0.25, 0.3) is 22.5 Å². The average Bonchev–Trinajstić information content (AvgIpc) is 3.62. The average molecular weight is 484 g/mol. The zero-order valence-corrected chi connectivity index (χ0v) is 18.7. The molecule has 4 heterocycles. The van der Waals surface area contributed by atoms with Gasteiger partial charge in [0, 0.05) is 29.8 Å². The van der Waals surface area contributed by atoms with E-state index < -0.39 is 19.0 Å². The summed E-state index contributed by atoms with van der Waals surface area (Å²) < 4.78 is 56.1. The Labute approximate surface area is 205 Å². The molecule has 1 aromatic carbocycles. The van der Waals surface area contributed by atoms with E-state index >= 15 is 4.39 Å². The third-order valence-electron chi connectivity index (χ3n) is 7.15. The predicted molar refractivity (Wildman–Crippen MR) is 125 cm³/mol. The monoisotopic (exact) mass is 483 g/mol. The molecule has 1 saturated carbocycles. The number of anilines is 1. The second-order valence-electron chi connectivity index (χ2n) is 9.41. The van der Waals surface area contributed by atoms with Gasteiger partial charge in [-0.25, -0.2) is 18.7 Å². The van der Waals surface area contributed by atoms with Gasteiger partial charge in [0.15, 0.2) is 11.6 Å². The number of hydrogen-bond donors (Lipinski definition) is 2. The van der Waals surface area contributed by atoms with Crippen molar-refractivity contribution in [3.63, 3.8) is 0 Å². The highest BCUT2D eigenvalue weighted by Crippen LogP contribution is 2.40. The molecule has 3 fully saturated rings. The van der Waals surface area contributed by atoms with Gasteiger partial charge >= 0.3 is 0 Å². The number of phenolic OH excluding ortho intramolecular Hbond substituents is 1. The molecule has 2 saturated heterocycles. The van der Waals surface area contributed by atoms with Crippen LogP contribution in [0.5, 0.6) is 11.6 Å². The lowest BCUT2D eigenvalue weighted by Crippen LogP contribution is -2.57. The maximum absolute atomic E-state index is 15.3. The van der Waals surface area contributed by atoms with Crippen LogP contribution in [0, 0.1) is 5.82 Å². The third-order valence-corrected chi connectivity index (χ3v) is 7.15. The van der Waals surface area contributed by atoms with Gasteiger partial charge in [0.25, 0.3) is 0 Å². The van der Waals surface area contributed by atoms with Crippen molar-refractivity contribution in [3.8, 4) is 34.1 Å². The maximum atomic E-state index is 15.3. The van der Waals surface area contributed by atoms with Gasteiger partial charge in [-0.2, -0.15) is 0 Å². The number of pyridine rings is 1.